The largest absolute Gasteiger partial charge is 0.389 e. The molecule has 0 aliphatic heterocycles. The Labute approximate surface area is 120 Å². The third-order valence-electron chi connectivity index (χ3n) is 2.85. The third kappa shape index (κ3) is 5.26. The summed E-state index contributed by atoms with van der Waals surface area (Å²) in [7, 11) is 0. The van der Waals surface area contributed by atoms with E-state index >= 15 is 0 Å². The molecule has 1 amide bonds. The molecule has 0 spiro atoms. The molecule has 1 fully saturated rings. The van der Waals surface area contributed by atoms with Crippen molar-refractivity contribution in [1.29, 1.82) is 0 Å². The topological polar surface area (TPSA) is 71.5 Å². The zero-order chi connectivity index (χ0) is 13.7. The van der Waals surface area contributed by atoms with E-state index < -0.39 is 6.10 Å². The summed E-state index contributed by atoms with van der Waals surface area (Å²) in [5, 5.41) is 12.3. The molecule has 2 N–H and O–H groups in total. The molecule has 0 saturated heterocycles. The van der Waals surface area contributed by atoms with Crippen molar-refractivity contribution in [2.24, 2.45) is 5.92 Å². The van der Waals surface area contributed by atoms with Crippen LogP contribution in [0, 0.1) is 5.92 Å². The molecule has 0 radical (unpaired) electrons. The van der Waals surface area contributed by atoms with E-state index in [0.717, 1.165) is 0 Å². The highest BCUT2D eigenvalue weighted by Gasteiger charge is 2.21. The second-order valence-corrected chi connectivity index (χ2v) is 5.52. The minimum absolute atomic E-state index is 0.184. The van der Waals surface area contributed by atoms with E-state index in [2.05, 4.69) is 26.2 Å². The van der Waals surface area contributed by atoms with E-state index in [1.165, 1.54) is 12.8 Å². The molecule has 104 valence electrons. The van der Waals surface area contributed by atoms with Crippen LogP contribution in [0.1, 0.15) is 23.2 Å². The normalized spacial score (nSPS) is 16.1. The second kappa shape index (κ2) is 6.98. The molecule has 1 unspecified atom stereocenters. The number of carbonyl (C=O) groups is 1. The number of aliphatic hydroxyl groups is 1. The van der Waals surface area contributed by atoms with E-state index in [1.807, 2.05) is 0 Å². The highest BCUT2D eigenvalue weighted by atomic mass is 79.9. The summed E-state index contributed by atoms with van der Waals surface area (Å²) in [6.07, 6.45) is 3.33. The molecule has 0 aromatic carbocycles. The second-order valence-electron chi connectivity index (χ2n) is 4.71. The van der Waals surface area contributed by atoms with Crippen molar-refractivity contribution < 1.29 is 14.6 Å². The Kier molecular flexibility index (Phi) is 5.30. The molecule has 2 rings (SSSR count). The Morgan fingerprint density at radius 2 is 2.42 bits per heavy atom. The predicted octanol–water partition coefficient (Wildman–Crippen LogP) is 1.36. The van der Waals surface area contributed by atoms with Crippen LogP contribution >= 0.6 is 15.9 Å². The van der Waals surface area contributed by atoms with Crippen LogP contribution in [0.15, 0.2) is 22.9 Å². The number of nitrogens with one attached hydrogen (secondary N) is 1. The van der Waals surface area contributed by atoms with E-state index in [9.17, 15) is 9.90 Å². The number of aliphatic hydroxyl groups excluding tert-OH is 1. The monoisotopic (exact) mass is 328 g/mol. The lowest BCUT2D eigenvalue weighted by Crippen LogP contribution is -2.34. The number of pyridine rings is 1. The first-order chi connectivity index (χ1) is 9.15. The van der Waals surface area contributed by atoms with Gasteiger partial charge in [0.25, 0.3) is 5.91 Å². The van der Waals surface area contributed by atoms with Gasteiger partial charge in [0.2, 0.25) is 0 Å². The quantitative estimate of drug-likeness (QED) is 0.741. The van der Waals surface area contributed by atoms with Gasteiger partial charge in [0.15, 0.2) is 0 Å². The van der Waals surface area contributed by atoms with E-state index in [0.29, 0.717) is 22.7 Å². The van der Waals surface area contributed by atoms with Gasteiger partial charge in [0.1, 0.15) is 4.60 Å². The molecule has 1 aliphatic rings. The van der Waals surface area contributed by atoms with Crippen LogP contribution < -0.4 is 5.32 Å². The van der Waals surface area contributed by atoms with Gasteiger partial charge in [-0.2, -0.15) is 0 Å². The average molecular weight is 329 g/mol. The summed E-state index contributed by atoms with van der Waals surface area (Å²) < 4.78 is 5.96. The van der Waals surface area contributed by atoms with E-state index in [1.54, 1.807) is 18.3 Å². The fourth-order valence-electron chi connectivity index (χ4n) is 1.57. The van der Waals surface area contributed by atoms with Gasteiger partial charge in [0.05, 0.1) is 12.7 Å². The first-order valence-electron chi connectivity index (χ1n) is 6.30. The Balaban J connectivity index is 1.67. The van der Waals surface area contributed by atoms with Gasteiger partial charge >= 0.3 is 0 Å². The van der Waals surface area contributed by atoms with Crippen molar-refractivity contribution in [2.45, 2.75) is 18.9 Å². The summed E-state index contributed by atoms with van der Waals surface area (Å²) in [4.78, 5) is 15.7. The molecule has 6 heteroatoms. The van der Waals surface area contributed by atoms with Gasteiger partial charge in [-0.1, -0.05) is 0 Å². The maximum atomic E-state index is 11.8. The molecule has 1 atom stereocenters. The van der Waals surface area contributed by atoms with E-state index in [4.69, 9.17) is 4.74 Å². The fourth-order valence-corrected chi connectivity index (χ4v) is 1.94. The maximum Gasteiger partial charge on any atom is 0.251 e. The lowest BCUT2D eigenvalue weighted by atomic mass is 10.2. The third-order valence-corrected chi connectivity index (χ3v) is 3.28. The standard InChI is InChI=1S/C13H17BrN2O3/c14-12-5-10(3-4-15-12)13(18)16-6-11(17)8-19-7-9-1-2-9/h3-5,9,11,17H,1-2,6-8H2,(H,16,18). The number of amides is 1. The summed E-state index contributed by atoms with van der Waals surface area (Å²) >= 11 is 3.20. The van der Waals surface area contributed by atoms with Crippen LogP contribution in [-0.4, -0.2) is 41.9 Å². The number of ether oxygens (including phenoxy) is 1. The molecule has 5 nitrogen and oxygen atoms in total. The average Bonchev–Trinajstić information content (AvgIpc) is 3.20. The van der Waals surface area contributed by atoms with Crippen molar-refractivity contribution in [1.82, 2.24) is 10.3 Å². The van der Waals surface area contributed by atoms with Gasteiger partial charge in [-0.15, -0.1) is 0 Å². The Morgan fingerprint density at radius 1 is 1.63 bits per heavy atom. The number of rotatable bonds is 7. The molecule has 1 saturated carbocycles. The number of nitrogens with zero attached hydrogens (tertiary/aromatic N) is 1. The summed E-state index contributed by atoms with van der Waals surface area (Å²) in [5.41, 5.74) is 0.507. The molecule has 1 aromatic heterocycles. The van der Waals surface area contributed by atoms with Crippen molar-refractivity contribution >= 4 is 21.8 Å². The Bertz CT molecular complexity index is 438. The minimum atomic E-state index is -0.673. The van der Waals surface area contributed by atoms with Gasteiger partial charge < -0.3 is 15.2 Å². The first-order valence-corrected chi connectivity index (χ1v) is 7.10. The lowest BCUT2D eigenvalue weighted by molar-refractivity contribution is 0.0320. The van der Waals surface area contributed by atoms with Crippen molar-refractivity contribution in [3.8, 4) is 0 Å². The number of hydrogen-bond donors (Lipinski definition) is 2. The Morgan fingerprint density at radius 3 is 3.11 bits per heavy atom. The molecule has 1 aromatic rings. The Hall–Kier alpha value is -0.980. The number of carbonyl (C=O) groups excluding carboxylic acids is 1. The summed E-state index contributed by atoms with van der Waals surface area (Å²) in [5.74, 6) is 0.445. The lowest BCUT2D eigenvalue weighted by Gasteiger charge is -2.12. The molecule has 1 heterocycles. The first kappa shape index (κ1) is 14.4. The number of aromatic nitrogens is 1. The van der Waals surface area contributed by atoms with Crippen LogP contribution in [0.3, 0.4) is 0 Å². The fraction of sp³-hybridized carbons (Fsp3) is 0.538. The number of hydrogen-bond acceptors (Lipinski definition) is 4. The van der Waals surface area contributed by atoms with E-state index in [-0.39, 0.29) is 19.1 Å². The van der Waals surface area contributed by atoms with Gasteiger partial charge in [0, 0.05) is 24.9 Å². The molecular weight excluding hydrogens is 312 g/mol. The van der Waals surface area contributed by atoms with Crippen LogP contribution in [0.25, 0.3) is 0 Å². The zero-order valence-electron chi connectivity index (χ0n) is 10.5. The van der Waals surface area contributed by atoms with Gasteiger partial charge in [-0.3, -0.25) is 4.79 Å². The smallest absolute Gasteiger partial charge is 0.251 e. The summed E-state index contributed by atoms with van der Waals surface area (Å²) in [6.45, 7) is 1.16. The van der Waals surface area contributed by atoms with Gasteiger partial charge in [-0.25, -0.2) is 4.98 Å². The van der Waals surface area contributed by atoms with Gasteiger partial charge in [-0.05, 0) is 46.8 Å². The van der Waals surface area contributed by atoms with Crippen LogP contribution in [0.5, 0.6) is 0 Å². The van der Waals surface area contributed by atoms with Crippen LogP contribution in [0.2, 0.25) is 0 Å². The predicted molar refractivity (Wildman–Crippen MR) is 73.8 cm³/mol. The SMILES string of the molecule is O=C(NCC(O)COCC1CC1)c1ccnc(Br)c1. The van der Waals surface area contributed by atoms with Crippen LogP contribution in [0.4, 0.5) is 0 Å². The molecule has 0 bridgehead atoms. The van der Waals surface area contributed by atoms with Crippen molar-refractivity contribution in [2.75, 3.05) is 19.8 Å². The van der Waals surface area contributed by atoms with Crippen molar-refractivity contribution in [3.05, 3.63) is 28.5 Å². The number of halogens is 1. The molecular formula is C13H17BrN2O3. The highest BCUT2D eigenvalue weighted by Crippen LogP contribution is 2.28. The van der Waals surface area contributed by atoms with Crippen LogP contribution in [-0.2, 0) is 4.74 Å². The minimum Gasteiger partial charge on any atom is -0.389 e. The molecule has 1 aliphatic carbocycles. The maximum absolute atomic E-state index is 11.8. The molecule has 19 heavy (non-hydrogen) atoms. The van der Waals surface area contributed by atoms with Crippen molar-refractivity contribution in [3.63, 3.8) is 0 Å². The highest BCUT2D eigenvalue weighted by molar-refractivity contribution is 9.10. The zero-order valence-corrected chi connectivity index (χ0v) is 12.1. The summed E-state index contributed by atoms with van der Waals surface area (Å²) in [6, 6.07) is 3.25.